The van der Waals surface area contributed by atoms with Crippen LogP contribution in [0.15, 0.2) is 12.2 Å². The van der Waals surface area contributed by atoms with Crippen molar-refractivity contribution in [3.8, 4) is 0 Å². The van der Waals surface area contributed by atoms with Crippen molar-refractivity contribution >= 4 is 35.6 Å². The van der Waals surface area contributed by atoms with E-state index in [-0.39, 0.29) is 6.42 Å². The molecule has 0 bridgehead atoms. The van der Waals surface area contributed by atoms with Gasteiger partial charge in [0.1, 0.15) is 110 Å². The zero-order chi connectivity index (χ0) is 90.8. The minimum atomic E-state index is -3.59. The van der Waals surface area contributed by atoms with Crippen molar-refractivity contribution in [2.24, 2.45) is 0 Å². The highest BCUT2D eigenvalue weighted by molar-refractivity contribution is 5.78. The summed E-state index contributed by atoms with van der Waals surface area (Å²) >= 11 is 0. The van der Waals surface area contributed by atoms with E-state index in [0.29, 0.717) is 12.8 Å². The quantitative estimate of drug-likeness (QED) is 0.0299. The van der Waals surface area contributed by atoms with Gasteiger partial charge in [-0.05, 0) is 19.3 Å². The van der Waals surface area contributed by atoms with E-state index in [2.05, 4.69) is 35.1 Å². The molecule has 5 saturated heterocycles. The zero-order valence-electron chi connectivity index (χ0n) is 72.7. The van der Waals surface area contributed by atoms with E-state index in [0.717, 1.165) is 85.0 Å². The second kappa shape index (κ2) is 58.2. The highest BCUT2D eigenvalue weighted by Gasteiger charge is 2.64. The number of rotatable bonds is 63. The Kier molecular flexibility index (Phi) is 51.6. The fourth-order valence-electron chi connectivity index (χ4n) is 16.7. The Morgan fingerprint density at radius 3 is 1.29 bits per heavy atom. The minimum Gasteiger partial charge on any atom is -0.477 e. The smallest absolute Gasteiger partial charge is 0.364 e. The van der Waals surface area contributed by atoms with Crippen LogP contribution in [0.3, 0.4) is 0 Å². The molecule has 5 rings (SSSR count). The van der Waals surface area contributed by atoms with Gasteiger partial charge in [0.25, 0.3) is 11.6 Å². The lowest BCUT2D eigenvalue weighted by Gasteiger charge is -2.52. The predicted octanol–water partition coefficient (Wildman–Crippen LogP) is 1.04. The van der Waals surface area contributed by atoms with Crippen molar-refractivity contribution < 1.29 is 168 Å². The number of allylic oxidation sites excluding steroid dienone is 1. The average molecular weight is 1770 g/mol. The Bertz CT molecular complexity index is 2990. The van der Waals surface area contributed by atoms with Crippen molar-refractivity contribution in [2.75, 3.05) is 39.6 Å². The van der Waals surface area contributed by atoms with Gasteiger partial charge in [-0.2, -0.15) is 0 Å². The molecule has 29 atom stereocenters. The van der Waals surface area contributed by atoms with Crippen LogP contribution in [0, 0.1) is 0 Å². The van der Waals surface area contributed by atoms with Crippen LogP contribution in [0.25, 0.3) is 0 Å². The summed E-state index contributed by atoms with van der Waals surface area (Å²) < 4.78 is 60.0. The molecule has 5 heterocycles. The average Bonchev–Trinajstić information content (AvgIpc) is 0.740. The van der Waals surface area contributed by atoms with Crippen molar-refractivity contribution in [2.45, 2.75) is 449 Å². The summed E-state index contributed by atoms with van der Waals surface area (Å²) in [5.74, 6) is -14.6. The summed E-state index contributed by atoms with van der Waals surface area (Å²) in [5, 5.41) is 213. The molecule has 0 aromatic heterocycles. The first kappa shape index (κ1) is 109. The van der Waals surface area contributed by atoms with E-state index in [1.165, 1.54) is 147 Å². The summed E-state index contributed by atoms with van der Waals surface area (Å²) in [7, 11) is 0. The van der Waals surface area contributed by atoms with Gasteiger partial charge >= 0.3 is 11.9 Å². The fourth-order valence-corrected chi connectivity index (χ4v) is 16.7. The van der Waals surface area contributed by atoms with Crippen molar-refractivity contribution in [3.05, 3.63) is 12.2 Å². The summed E-state index contributed by atoms with van der Waals surface area (Å²) in [6.07, 6.45) is -9.72. The second-order valence-corrected chi connectivity index (χ2v) is 33.9. The number of nitrogens with one attached hydrogen (secondary N) is 4. The SMILES string of the molecule is CCCCCCCCCCCCC/C=C\[C@@H](O)[C@H](CO[C@@H]1O[C@H](CO)[C@@H](O[C@@H]2O[C@H](CO)[C@H](O[C@@H]3O[C@H](CO)[C@H](O)[C@H](O)[C@H]3NC(C)=O)[C@H](O[C@]3(C(=O)O)C[C@H](O)[C@@H](NC(C)=O)C([C@H](O)[C@@H](CO)O[C@]4(C(=O)O)C[C@H](O)[C@@H](NC(C)=O)C([C@H](O)[C@H](O)CO)O4)O3)[C@H]2O)[C@H](O)[C@H]1O)NC(=O)CCCCCCCCCCCCCCCCCCCCCCCC. The van der Waals surface area contributed by atoms with Crippen molar-refractivity contribution in [1.29, 1.82) is 0 Å². The van der Waals surface area contributed by atoms with Gasteiger partial charge in [-0.15, -0.1) is 0 Å². The lowest BCUT2D eigenvalue weighted by molar-refractivity contribution is -0.402. The molecule has 0 aromatic carbocycles. The molecule has 5 aliphatic rings. The van der Waals surface area contributed by atoms with E-state index in [1.807, 2.05) is 0 Å². The molecule has 22 N–H and O–H groups in total. The lowest BCUT2D eigenvalue weighted by Crippen LogP contribution is -2.72. The number of carboxylic acids is 2. The molecule has 716 valence electrons. The van der Waals surface area contributed by atoms with Crippen LogP contribution in [0.5, 0.6) is 0 Å². The van der Waals surface area contributed by atoms with Crippen molar-refractivity contribution in [1.82, 2.24) is 21.3 Å². The Morgan fingerprint density at radius 1 is 0.439 bits per heavy atom. The first-order chi connectivity index (χ1) is 58.8. The Labute approximate surface area is 722 Å². The monoisotopic (exact) mass is 1770 g/mol. The molecule has 0 spiro atoms. The second-order valence-electron chi connectivity index (χ2n) is 33.9. The predicted molar refractivity (Wildman–Crippen MR) is 439 cm³/mol. The summed E-state index contributed by atoms with van der Waals surface area (Å²) in [6.45, 7) is 0.564. The van der Waals surface area contributed by atoms with Crippen LogP contribution >= 0.6 is 0 Å². The number of aliphatic carboxylic acids is 2. The third kappa shape index (κ3) is 35.1. The van der Waals surface area contributed by atoms with Crippen LogP contribution in [-0.4, -0.2) is 344 Å². The molecule has 0 radical (unpaired) electrons. The topological polar surface area (TPSA) is 607 Å². The number of aliphatic hydroxyl groups excluding tert-OH is 16. The van der Waals surface area contributed by atoms with Gasteiger partial charge in [0.2, 0.25) is 23.6 Å². The van der Waals surface area contributed by atoms with Gasteiger partial charge in [-0.25, -0.2) is 9.59 Å². The van der Waals surface area contributed by atoms with Crippen LogP contribution in [0.4, 0.5) is 0 Å². The number of carboxylic acid groups (broad SMARTS) is 2. The van der Waals surface area contributed by atoms with Gasteiger partial charge in [0.05, 0.1) is 76.1 Å². The summed E-state index contributed by atoms with van der Waals surface area (Å²) in [5.41, 5.74) is 0. The summed E-state index contributed by atoms with van der Waals surface area (Å²) in [6, 6.07) is -6.82. The molecule has 5 fully saturated rings. The molecule has 123 heavy (non-hydrogen) atoms. The zero-order valence-corrected chi connectivity index (χ0v) is 72.7. The molecular formula is C85H152N4O34. The van der Waals surface area contributed by atoms with Gasteiger partial charge in [0.15, 0.2) is 18.9 Å². The molecule has 5 aliphatic heterocycles. The maximum absolute atomic E-state index is 14.2. The number of carbonyl (C=O) groups is 6. The van der Waals surface area contributed by atoms with E-state index in [1.54, 1.807) is 6.08 Å². The maximum Gasteiger partial charge on any atom is 0.364 e. The first-order valence-electron chi connectivity index (χ1n) is 45.2. The van der Waals surface area contributed by atoms with Gasteiger partial charge in [-0.1, -0.05) is 225 Å². The molecule has 2 unspecified atom stereocenters. The largest absolute Gasteiger partial charge is 0.477 e. The third-order valence-electron chi connectivity index (χ3n) is 23.7. The molecular weight excluding hydrogens is 1620 g/mol. The molecule has 0 aliphatic carbocycles. The van der Waals surface area contributed by atoms with Crippen molar-refractivity contribution in [3.63, 3.8) is 0 Å². The number of hydrogen-bond donors (Lipinski definition) is 22. The Balaban J connectivity index is 1.38. The van der Waals surface area contributed by atoms with E-state index < -0.39 is 265 Å². The van der Waals surface area contributed by atoms with E-state index >= 15 is 0 Å². The highest BCUT2D eigenvalue weighted by atomic mass is 16.8. The van der Waals surface area contributed by atoms with Gasteiger partial charge in [0, 0.05) is 40.0 Å². The Morgan fingerprint density at radius 2 is 0.846 bits per heavy atom. The standard InChI is InChI=1S/C85H152N4O34/c1-6-8-10-12-14-16-18-20-21-22-23-24-25-26-27-28-30-32-34-36-38-40-42-63(102)89-54(55(98)41-39-37-35-33-31-29-19-17-15-13-11-9-7-2)50-114-80-72(108)71(107)74(61(48-93)116-80)118-81-73(109)78(75(62(49-94)117-81)119-79-66(88-53(5)97)70(106)68(104)59(46-91)115-79)123-85(83(112)113)44-57(100)65(87-52(4)96)77(122-85)69(105)60(47-92)120-84(82(110)111)43-56(99)64(86-51(3)95)76(121-84)67(103)58(101)45-90/h39,41,54-62,64-81,90-94,98-101,103-109H,6-38,40,42-50H2,1-5H3,(H,86,95)(H,87,96)(H,88,97)(H,89,102)(H,110,111)(H,112,113)/b41-39-/t54-,55+,56-,57-,58+,59+,60+,61+,62+,64+,65+,66+,67+,68-,69+,70+,71+,72+,73+,74+,75-,76?,77?,78+,79-,80+,81-,84+,85-/m0/s1. The number of hydrogen-bond acceptors (Lipinski definition) is 32. The van der Waals surface area contributed by atoms with Crippen LogP contribution in [0.1, 0.15) is 272 Å². The molecule has 0 saturated carbocycles. The third-order valence-corrected chi connectivity index (χ3v) is 23.7. The minimum absolute atomic E-state index is 0.113. The molecule has 0 aromatic rings. The maximum atomic E-state index is 14.2. The number of aliphatic hydroxyl groups is 16. The van der Waals surface area contributed by atoms with Crippen LogP contribution in [0.2, 0.25) is 0 Å². The van der Waals surface area contributed by atoms with Crippen LogP contribution in [-0.2, 0) is 76.1 Å². The number of unbranched alkanes of at least 4 members (excludes halogenated alkanes) is 32. The lowest BCUT2D eigenvalue weighted by atomic mass is 9.87. The first-order valence-corrected chi connectivity index (χ1v) is 45.2. The van der Waals surface area contributed by atoms with Gasteiger partial charge < -0.3 is 161 Å². The fraction of sp³-hybridized carbons (Fsp3) is 0.906. The van der Waals surface area contributed by atoms with E-state index in [4.69, 9.17) is 47.4 Å². The molecule has 38 heteroatoms. The van der Waals surface area contributed by atoms with Crippen LogP contribution < -0.4 is 21.3 Å². The number of carbonyl (C=O) groups excluding carboxylic acids is 4. The molecule has 38 nitrogen and oxygen atoms in total. The number of amides is 4. The normalized spacial score (nSPS) is 32.1. The van der Waals surface area contributed by atoms with Gasteiger partial charge in [-0.3, -0.25) is 19.2 Å². The Hall–Kier alpha value is -4.48. The summed E-state index contributed by atoms with van der Waals surface area (Å²) in [4.78, 5) is 79.2. The highest BCUT2D eigenvalue weighted by Crippen LogP contribution is 2.43. The number of ether oxygens (including phenoxy) is 10. The van der Waals surface area contributed by atoms with E-state index in [9.17, 15) is 121 Å². The molecule has 4 amide bonds.